The predicted octanol–water partition coefficient (Wildman–Crippen LogP) is 3.79. The van der Waals surface area contributed by atoms with Gasteiger partial charge in [-0.1, -0.05) is 53.0 Å². The minimum atomic E-state index is -0.267. The Labute approximate surface area is 100 Å². The van der Waals surface area contributed by atoms with Gasteiger partial charge < -0.3 is 4.74 Å². The predicted molar refractivity (Wildman–Crippen MR) is 74.4 cm³/mol. The molecular weight excluding hydrogens is 215 g/mol. The Morgan fingerprint density at radius 3 is 2.44 bits per heavy atom. The van der Waals surface area contributed by atoms with Crippen LogP contribution in [0.3, 0.4) is 0 Å². The summed E-state index contributed by atoms with van der Waals surface area (Å²) in [4.78, 5) is 0. The van der Waals surface area contributed by atoms with Gasteiger partial charge in [0.2, 0.25) is 0 Å². The van der Waals surface area contributed by atoms with Gasteiger partial charge in [0, 0.05) is 5.30 Å². The van der Waals surface area contributed by atoms with E-state index < -0.39 is 0 Å². The van der Waals surface area contributed by atoms with E-state index in [1.165, 1.54) is 5.30 Å². The van der Waals surface area contributed by atoms with Crippen molar-refractivity contribution < 1.29 is 4.74 Å². The minimum absolute atomic E-state index is 0.267. The lowest BCUT2D eigenvalue weighted by molar-refractivity contribution is 0.418. The van der Waals surface area contributed by atoms with E-state index in [9.17, 15) is 0 Å². The van der Waals surface area contributed by atoms with E-state index in [0.29, 0.717) is 0 Å². The molecule has 1 aromatic rings. The van der Waals surface area contributed by atoms with Gasteiger partial charge in [-0.25, -0.2) is 0 Å². The molecule has 16 heavy (non-hydrogen) atoms. The summed E-state index contributed by atoms with van der Waals surface area (Å²) in [5.41, 5.74) is 0. The van der Waals surface area contributed by atoms with Crippen molar-refractivity contribution in [1.82, 2.24) is 0 Å². The van der Waals surface area contributed by atoms with Gasteiger partial charge in [-0.3, -0.25) is 0 Å². The van der Waals surface area contributed by atoms with Gasteiger partial charge in [-0.15, -0.1) is 6.58 Å². The lowest BCUT2D eigenvalue weighted by Gasteiger charge is -2.31. The largest absolute Gasteiger partial charge is 0.496 e. The molecule has 0 spiro atoms. The number of rotatable bonds is 4. The van der Waals surface area contributed by atoms with Crippen LogP contribution in [0.25, 0.3) is 0 Å². The van der Waals surface area contributed by atoms with Gasteiger partial charge in [-0.2, -0.15) is 0 Å². The number of benzene rings is 1. The summed E-state index contributed by atoms with van der Waals surface area (Å²) in [6, 6.07) is 8.33. The molecule has 1 nitrogen and oxygen atoms in total. The fraction of sp³-hybridized carbons (Fsp3) is 0.429. The fourth-order valence-electron chi connectivity index (χ4n) is 1.72. The summed E-state index contributed by atoms with van der Waals surface area (Å²) < 4.78 is 5.45. The third kappa shape index (κ3) is 3.09. The third-order valence-electron chi connectivity index (χ3n) is 2.50. The van der Waals surface area contributed by atoms with Crippen molar-refractivity contribution in [2.45, 2.75) is 25.9 Å². The van der Waals surface area contributed by atoms with Crippen LogP contribution in [-0.4, -0.2) is 18.4 Å². The van der Waals surface area contributed by atoms with E-state index in [4.69, 9.17) is 4.74 Å². The first kappa shape index (κ1) is 13.3. The van der Waals surface area contributed by atoms with Crippen molar-refractivity contribution in [2.75, 3.05) is 13.3 Å². The second-order valence-corrected chi connectivity index (χ2v) is 7.79. The van der Waals surface area contributed by atoms with Gasteiger partial charge in [0.05, 0.1) is 7.11 Å². The van der Waals surface area contributed by atoms with Crippen molar-refractivity contribution in [2.24, 2.45) is 0 Å². The van der Waals surface area contributed by atoms with E-state index >= 15 is 0 Å². The van der Waals surface area contributed by atoms with Crippen LogP contribution in [0.1, 0.15) is 20.8 Å². The van der Waals surface area contributed by atoms with Crippen LogP contribution >= 0.6 is 7.92 Å². The van der Waals surface area contributed by atoms with Crippen molar-refractivity contribution >= 4 is 13.2 Å². The monoisotopic (exact) mass is 236 g/mol. The Morgan fingerprint density at radius 1 is 1.31 bits per heavy atom. The zero-order valence-corrected chi connectivity index (χ0v) is 11.6. The number of allylic oxidation sites excluding steroid dienone is 1. The lowest BCUT2D eigenvalue weighted by atomic mass is 10.3. The second-order valence-electron chi connectivity index (χ2n) is 4.74. The number of hydrogen-bond acceptors (Lipinski definition) is 1. The van der Waals surface area contributed by atoms with Crippen molar-refractivity contribution in [1.29, 1.82) is 0 Å². The molecule has 0 fully saturated rings. The Morgan fingerprint density at radius 2 is 1.94 bits per heavy atom. The number of methoxy groups -OCH3 is 1. The molecule has 0 aliphatic rings. The molecule has 1 atom stereocenters. The first-order chi connectivity index (χ1) is 7.50. The highest BCUT2D eigenvalue weighted by Gasteiger charge is 2.26. The molecule has 0 aliphatic heterocycles. The molecule has 88 valence electrons. The van der Waals surface area contributed by atoms with E-state index in [-0.39, 0.29) is 13.1 Å². The third-order valence-corrected chi connectivity index (χ3v) is 5.69. The molecule has 1 unspecified atom stereocenters. The van der Waals surface area contributed by atoms with Crippen molar-refractivity contribution in [3.05, 3.63) is 36.9 Å². The number of para-hydroxylation sites is 1. The smallest absolute Gasteiger partial charge is 0.126 e. The van der Waals surface area contributed by atoms with Gasteiger partial charge in [0.25, 0.3) is 0 Å². The fourth-order valence-corrected chi connectivity index (χ4v) is 4.14. The first-order valence-corrected chi connectivity index (χ1v) is 7.05. The van der Waals surface area contributed by atoms with Crippen LogP contribution in [0.15, 0.2) is 36.9 Å². The van der Waals surface area contributed by atoms with Gasteiger partial charge >= 0.3 is 0 Å². The molecule has 1 aromatic carbocycles. The quantitative estimate of drug-likeness (QED) is 0.571. The van der Waals surface area contributed by atoms with E-state index in [2.05, 4.69) is 39.5 Å². The SMILES string of the molecule is C=CCP(c1ccccc1OC)C(C)(C)C. The highest BCUT2D eigenvalue weighted by Crippen LogP contribution is 2.50. The molecule has 1 rings (SSSR count). The average molecular weight is 236 g/mol. The van der Waals surface area contributed by atoms with Crippen LogP contribution < -0.4 is 10.0 Å². The molecule has 0 aromatic heterocycles. The summed E-state index contributed by atoms with van der Waals surface area (Å²) in [7, 11) is 1.47. The molecular formula is C14H21OP. The molecule has 0 amide bonds. The molecule has 0 saturated carbocycles. The Kier molecular flexibility index (Phi) is 4.56. The summed E-state index contributed by atoms with van der Waals surface area (Å²) in [6.07, 6.45) is 3.06. The molecule has 0 heterocycles. The number of hydrogen-bond donors (Lipinski definition) is 0. The maximum atomic E-state index is 5.45. The lowest BCUT2D eigenvalue weighted by Crippen LogP contribution is -2.21. The summed E-state index contributed by atoms with van der Waals surface area (Å²) >= 11 is 0. The average Bonchev–Trinajstić information content (AvgIpc) is 2.24. The van der Waals surface area contributed by atoms with Crippen LogP contribution in [0.5, 0.6) is 5.75 Å². The van der Waals surface area contributed by atoms with Gasteiger partial charge in [0.15, 0.2) is 0 Å². The molecule has 0 N–H and O–H groups in total. The van der Waals surface area contributed by atoms with Crippen LogP contribution in [0, 0.1) is 0 Å². The first-order valence-electron chi connectivity index (χ1n) is 5.52. The topological polar surface area (TPSA) is 9.23 Å². The molecule has 0 aliphatic carbocycles. The van der Waals surface area contributed by atoms with Crippen molar-refractivity contribution in [3.8, 4) is 5.75 Å². The normalized spacial score (nSPS) is 13.2. The molecule has 0 saturated heterocycles. The zero-order valence-electron chi connectivity index (χ0n) is 10.7. The van der Waals surface area contributed by atoms with Crippen LogP contribution in [0.2, 0.25) is 0 Å². The van der Waals surface area contributed by atoms with E-state index in [1.54, 1.807) is 7.11 Å². The van der Waals surface area contributed by atoms with Gasteiger partial charge in [-0.05, 0) is 17.4 Å². The van der Waals surface area contributed by atoms with Gasteiger partial charge in [0.1, 0.15) is 5.75 Å². The van der Waals surface area contributed by atoms with E-state index in [1.807, 2.05) is 18.2 Å². The Hall–Kier alpha value is -0.810. The number of ether oxygens (including phenoxy) is 1. The Balaban J connectivity index is 3.15. The Bertz CT molecular complexity index is 352. The standard InChI is InChI=1S/C14H21OP/c1-6-11-16(14(2,3)4)13-10-8-7-9-12(13)15-5/h6-10H,1,11H2,2-5H3. The highest BCUT2D eigenvalue weighted by molar-refractivity contribution is 7.67. The maximum absolute atomic E-state index is 5.45. The highest BCUT2D eigenvalue weighted by atomic mass is 31.1. The summed E-state index contributed by atoms with van der Waals surface area (Å²) in [6.45, 7) is 10.7. The second kappa shape index (κ2) is 5.50. The molecule has 2 heteroatoms. The van der Waals surface area contributed by atoms with E-state index in [0.717, 1.165) is 11.9 Å². The van der Waals surface area contributed by atoms with Crippen LogP contribution in [-0.2, 0) is 0 Å². The van der Waals surface area contributed by atoms with Crippen molar-refractivity contribution in [3.63, 3.8) is 0 Å². The zero-order chi connectivity index (χ0) is 12.2. The van der Waals surface area contributed by atoms with Crippen LogP contribution in [0.4, 0.5) is 0 Å². The maximum Gasteiger partial charge on any atom is 0.126 e. The summed E-state index contributed by atoms with van der Waals surface area (Å²) in [5, 5.41) is 1.62. The molecule has 0 radical (unpaired) electrons. The minimum Gasteiger partial charge on any atom is -0.496 e. The molecule has 0 bridgehead atoms. The summed E-state index contributed by atoms with van der Waals surface area (Å²) in [5.74, 6) is 1.00.